The number of hydrogen-bond donors (Lipinski definition) is 1. The van der Waals surface area contributed by atoms with E-state index >= 15 is 0 Å². The van der Waals surface area contributed by atoms with E-state index in [1.54, 1.807) is 6.07 Å². The van der Waals surface area contributed by atoms with Crippen molar-refractivity contribution >= 4 is 17.6 Å². The average Bonchev–Trinajstić information content (AvgIpc) is 2.83. The molecule has 170 valence electrons. The van der Waals surface area contributed by atoms with Crippen molar-refractivity contribution in [1.29, 1.82) is 0 Å². The van der Waals surface area contributed by atoms with Gasteiger partial charge in [0.15, 0.2) is 0 Å². The molecular weight excluding hydrogens is 409 g/mol. The van der Waals surface area contributed by atoms with Crippen molar-refractivity contribution in [2.75, 3.05) is 18.0 Å². The van der Waals surface area contributed by atoms with E-state index in [0.29, 0.717) is 0 Å². The van der Waals surface area contributed by atoms with Gasteiger partial charge in [0.05, 0.1) is 11.3 Å². The molecule has 2 aromatic rings. The Hall–Kier alpha value is -3.03. The quantitative estimate of drug-likeness (QED) is 0.687. The third-order valence-electron chi connectivity index (χ3n) is 6.45. The molecule has 0 bridgehead atoms. The second kappa shape index (κ2) is 10.1. The molecule has 32 heavy (non-hydrogen) atoms. The molecule has 2 heterocycles. The van der Waals surface area contributed by atoms with Crippen molar-refractivity contribution in [2.24, 2.45) is 10.9 Å². The molecule has 1 saturated carbocycles. The fourth-order valence-electron chi connectivity index (χ4n) is 4.36. The Morgan fingerprint density at radius 3 is 2.47 bits per heavy atom. The third-order valence-corrected chi connectivity index (χ3v) is 6.45. The van der Waals surface area contributed by atoms with Crippen LogP contribution < -0.4 is 10.6 Å². The summed E-state index contributed by atoms with van der Waals surface area (Å²) in [6.07, 6.45) is 10.1. The van der Waals surface area contributed by atoms with Crippen LogP contribution in [0.15, 0.2) is 35.7 Å². The lowest BCUT2D eigenvalue weighted by Crippen LogP contribution is -2.37. The Labute approximate surface area is 187 Å². The number of oxime groups is 1. The molecule has 0 atom stereocenters. The zero-order valence-corrected chi connectivity index (χ0v) is 18.5. The SMILES string of the molecule is CCc1cnc(N2CCC(ON=C3CCC(c4ccc(C(N)=O)c(F)c4)CC3)CC2)nc1. The Morgan fingerprint density at radius 1 is 1.19 bits per heavy atom. The van der Waals surface area contributed by atoms with Gasteiger partial charge < -0.3 is 15.5 Å². The van der Waals surface area contributed by atoms with E-state index < -0.39 is 11.7 Å². The van der Waals surface area contributed by atoms with E-state index in [9.17, 15) is 9.18 Å². The molecule has 7 nitrogen and oxygen atoms in total. The molecule has 2 N–H and O–H groups in total. The summed E-state index contributed by atoms with van der Waals surface area (Å²) in [5.41, 5.74) is 8.25. The minimum Gasteiger partial charge on any atom is -0.392 e. The Kier molecular flexibility index (Phi) is 6.97. The molecule has 1 aromatic carbocycles. The van der Waals surface area contributed by atoms with Crippen LogP contribution in [0.5, 0.6) is 0 Å². The molecule has 8 heteroatoms. The third kappa shape index (κ3) is 5.23. The van der Waals surface area contributed by atoms with Crippen molar-refractivity contribution in [2.45, 2.75) is 63.9 Å². The van der Waals surface area contributed by atoms with Crippen LogP contribution in [0.4, 0.5) is 10.3 Å². The average molecular weight is 440 g/mol. The van der Waals surface area contributed by atoms with Crippen LogP contribution in [0, 0.1) is 5.82 Å². The summed E-state index contributed by atoms with van der Waals surface area (Å²) < 4.78 is 14.1. The minimum absolute atomic E-state index is 0.0594. The van der Waals surface area contributed by atoms with Crippen molar-refractivity contribution in [3.8, 4) is 0 Å². The van der Waals surface area contributed by atoms with Gasteiger partial charge in [-0.1, -0.05) is 18.1 Å². The highest BCUT2D eigenvalue weighted by Crippen LogP contribution is 2.32. The number of halogens is 1. The highest BCUT2D eigenvalue weighted by atomic mass is 19.1. The van der Waals surface area contributed by atoms with Crippen molar-refractivity contribution in [3.05, 3.63) is 53.1 Å². The Balaban J connectivity index is 1.24. The zero-order chi connectivity index (χ0) is 22.5. The predicted molar refractivity (Wildman–Crippen MR) is 121 cm³/mol. The van der Waals surface area contributed by atoms with Crippen LogP contribution >= 0.6 is 0 Å². The van der Waals surface area contributed by atoms with Crippen molar-refractivity contribution in [1.82, 2.24) is 9.97 Å². The number of carbonyl (C=O) groups is 1. The second-order valence-corrected chi connectivity index (χ2v) is 8.57. The van der Waals surface area contributed by atoms with Crippen LogP contribution in [0.1, 0.15) is 72.9 Å². The highest BCUT2D eigenvalue weighted by Gasteiger charge is 2.24. The number of rotatable bonds is 6. The number of nitrogens with two attached hydrogens (primary N) is 1. The molecule has 2 aliphatic rings. The first-order valence-electron chi connectivity index (χ1n) is 11.4. The zero-order valence-electron chi connectivity index (χ0n) is 18.5. The van der Waals surface area contributed by atoms with E-state index in [-0.39, 0.29) is 17.6 Å². The summed E-state index contributed by atoms with van der Waals surface area (Å²) in [4.78, 5) is 28.2. The molecule has 1 aromatic heterocycles. The molecule has 1 amide bonds. The summed E-state index contributed by atoms with van der Waals surface area (Å²) in [5.74, 6) is -0.244. The number of nitrogens with zero attached hydrogens (tertiary/aromatic N) is 4. The van der Waals surface area contributed by atoms with Crippen molar-refractivity contribution in [3.63, 3.8) is 0 Å². The standard InChI is InChI=1S/C24H30FN5O2/c1-2-16-14-27-24(28-15-16)30-11-9-20(10-12-30)32-29-19-6-3-17(4-7-19)18-5-8-21(23(26)31)22(25)13-18/h5,8,13-15,17,20H,2-4,6-7,9-12H2,1H3,(H2,26,31). The minimum atomic E-state index is -0.739. The first-order valence-corrected chi connectivity index (χ1v) is 11.4. The summed E-state index contributed by atoms with van der Waals surface area (Å²) in [6, 6.07) is 4.73. The monoisotopic (exact) mass is 439 g/mol. The summed E-state index contributed by atoms with van der Waals surface area (Å²) in [5, 5.41) is 4.44. The molecule has 2 fully saturated rings. The summed E-state index contributed by atoms with van der Waals surface area (Å²) in [6.45, 7) is 3.81. The van der Waals surface area contributed by atoms with Crippen LogP contribution in [0.25, 0.3) is 0 Å². The number of aryl methyl sites for hydroxylation is 1. The number of primary amides is 1. The van der Waals surface area contributed by atoms with Gasteiger partial charge in [-0.15, -0.1) is 0 Å². The van der Waals surface area contributed by atoms with Gasteiger partial charge >= 0.3 is 0 Å². The van der Waals surface area contributed by atoms with E-state index in [2.05, 4.69) is 26.9 Å². The van der Waals surface area contributed by atoms with Gasteiger partial charge in [0.2, 0.25) is 5.95 Å². The second-order valence-electron chi connectivity index (χ2n) is 8.57. The first-order chi connectivity index (χ1) is 15.5. The number of amides is 1. The lowest BCUT2D eigenvalue weighted by atomic mass is 9.83. The van der Waals surface area contributed by atoms with Gasteiger partial charge in [0, 0.05) is 38.3 Å². The van der Waals surface area contributed by atoms with Gasteiger partial charge in [0.25, 0.3) is 5.91 Å². The Morgan fingerprint density at radius 2 is 1.88 bits per heavy atom. The highest BCUT2D eigenvalue weighted by molar-refractivity contribution is 5.93. The molecular formula is C24H30FN5O2. The number of aromatic nitrogens is 2. The summed E-state index contributed by atoms with van der Waals surface area (Å²) in [7, 11) is 0. The topological polar surface area (TPSA) is 93.7 Å². The fourth-order valence-corrected chi connectivity index (χ4v) is 4.36. The molecule has 0 unspecified atom stereocenters. The number of carbonyl (C=O) groups excluding carboxylic acids is 1. The molecule has 0 radical (unpaired) electrons. The lowest BCUT2D eigenvalue weighted by Gasteiger charge is -2.31. The fraction of sp³-hybridized carbons (Fsp3) is 0.500. The number of hydrogen-bond acceptors (Lipinski definition) is 6. The van der Waals surface area contributed by atoms with E-state index in [0.717, 1.165) is 80.8 Å². The lowest BCUT2D eigenvalue weighted by molar-refractivity contribution is 0.0406. The van der Waals surface area contributed by atoms with Crippen LogP contribution in [0.2, 0.25) is 0 Å². The van der Waals surface area contributed by atoms with Crippen LogP contribution in [0.3, 0.4) is 0 Å². The van der Waals surface area contributed by atoms with Crippen molar-refractivity contribution < 1.29 is 14.0 Å². The molecule has 1 aliphatic carbocycles. The molecule has 1 aliphatic heterocycles. The van der Waals surface area contributed by atoms with Crippen LogP contribution in [-0.4, -0.2) is 40.8 Å². The number of piperidine rings is 1. The van der Waals surface area contributed by atoms with E-state index in [4.69, 9.17) is 10.6 Å². The van der Waals surface area contributed by atoms with Gasteiger partial charge in [-0.25, -0.2) is 14.4 Å². The van der Waals surface area contributed by atoms with Gasteiger partial charge in [-0.2, -0.15) is 0 Å². The number of benzene rings is 1. The van der Waals surface area contributed by atoms with Gasteiger partial charge in [-0.05, 0) is 61.3 Å². The molecule has 4 rings (SSSR count). The van der Waals surface area contributed by atoms with E-state index in [1.807, 2.05) is 12.4 Å². The smallest absolute Gasteiger partial charge is 0.251 e. The van der Waals surface area contributed by atoms with E-state index in [1.165, 1.54) is 12.1 Å². The summed E-state index contributed by atoms with van der Waals surface area (Å²) >= 11 is 0. The number of anilines is 1. The maximum Gasteiger partial charge on any atom is 0.251 e. The first kappa shape index (κ1) is 22.2. The van der Waals surface area contributed by atoms with Gasteiger partial charge in [0.1, 0.15) is 11.9 Å². The normalized spacial score (nSPS) is 19.6. The van der Waals surface area contributed by atoms with Crippen LogP contribution in [-0.2, 0) is 11.3 Å². The largest absolute Gasteiger partial charge is 0.392 e. The molecule has 0 spiro atoms. The maximum absolute atomic E-state index is 14.1. The molecule has 1 saturated heterocycles. The Bertz CT molecular complexity index is 961. The predicted octanol–water partition coefficient (Wildman–Crippen LogP) is 3.98. The maximum atomic E-state index is 14.1. The van der Waals surface area contributed by atoms with Gasteiger partial charge in [-0.3, -0.25) is 4.79 Å².